The predicted molar refractivity (Wildman–Crippen MR) is 85.9 cm³/mol. The average molecular weight is 306 g/mol. The van der Waals surface area contributed by atoms with Crippen molar-refractivity contribution in [2.75, 3.05) is 13.7 Å². The number of hydrogen-bond acceptors (Lipinski definition) is 3. The maximum Gasteiger partial charge on any atom is 0.315 e. The lowest BCUT2D eigenvalue weighted by Gasteiger charge is -2.27. The van der Waals surface area contributed by atoms with Crippen LogP contribution in [0.1, 0.15) is 36.8 Å². The maximum atomic E-state index is 11.9. The van der Waals surface area contributed by atoms with E-state index in [-0.39, 0.29) is 18.7 Å². The summed E-state index contributed by atoms with van der Waals surface area (Å²) in [5.74, 6) is 1.26. The van der Waals surface area contributed by atoms with Gasteiger partial charge in [-0.3, -0.25) is 0 Å². The number of rotatable bonds is 5. The van der Waals surface area contributed by atoms with Crippen LogP contribution in [0.5, 0.6) is 5.75 Å². The van der Waals surface area contributed by atoms with E-state index in [9.17, 15) is 4.79 Å². The lowest BCUT2D eigenvalue weighted by Crippen LogP contribution is -2.43. The zero-order chi connectivity index (χ0) is 15.9. The predicted octanol–water partition coefficient (Wildman–Crippen LogP) is 2.35. The molecule has 122 valence electrons. The molecule has 0 atom stereocenters. The van der Waals surface area contributed by atoms with Crippen LogP contribution >= 0.6 is 0 Å². The molecule has 0 saturated heterocycles. The Labute approximate surface area is 132 Å². The number of hydrogen-bond donors (Lipinski definition) is 3. The lowest BCUT2D eigenvalue weighted by molar-refractivity contribution is 0.174. The molecule has 2 amide bonds. The van der Waals surface area contributed by atoms with E-state index >= 15 is 0 Å². The number of ether oxygens (including phenoxy) is 1. The second-order valence-corrected chi connectivity index (χ2v) is 6.03. The standard InChI is InChI=1S/C17H26N2O3/c1-12-9-14(5-8-16(12)22-2)10-18-17(21)19-15-6-3-13(11-20)4-7-15/h5,8-9,13,15,20H,3-4,6-7,10-11H2,1-2H3,(H2,18,19,21). The first-order valence-electron chi connectivity index (χ1n) is 7.91. The molecular weight excluding hydrogens is 280 g/mol. The summed E-state index contributed by atoms with van der Waals surface area (Å²) in [5, 5.41) is 15.0. The quantitative estimate of drug-likeness (QED) is 0.782. The molecule has 22 heavy (non-hydrogen) atoms. The van der Waals surface area contributed by atoms with Gasteiger partial charge in [-0.25, -0.2) is 4.79 Å². The number of urea groups is 1. The number of benzene rings is 1. The second kappa shape index (κ2) is 8.03. The Morgan fingerprint density at radius 2 is 2.05 bits per heavy atom. The molecule has 1 aliphatic carbocycles. The van der Waals surface area contributed by atoms with E-state index in [2.05, 4.69) is 10.6 Å². The number of carbonyl (C=O) groups is 1. The molecule has 0 bridgehead atoms. The minimum Gasteiger partial charge on any atom is -0.496 e. The Bertz CT molecular complexity index is 497. The molecule has 0 aromatic heterocycles. The highest BCUT2D eigenvalue weighted by atomic mass is 16.5. The molecule has 5 nitrogen and oxygen atoms in total. The summed E-state index contributed by atoms with van der Waals surface area (Å²) < 4.78 is 5.23. The third-order valence-corrected chi connectivity index (χ3v) is 4.35. The number of aryl methyl sites for hydroxylation is 1. The first kappa shape index (κ1) is 16.6. The summed E-state index contributed by atoms with van der Waals surface area (Å²) in [6, 6.07) is 5.99. The van der Waals surface area contributed by atoms with Crippen molar-refractivity contribution in [3.05, 3.63) is 29.3 Å². The first-order valence-corrected chi connectivity index (χ1v) is 7.91. The van der Waals surface area contributed by atoms with Crippen molar-refractivity contribution in [2.24, 2.45) is 5.92 Å². The second-order valence-electron chi connectivity index (χ2n) is 6.03. The summed E-state index contributed by atoms with van der Waals surface area (Å²) in [7, 11) is 1.65. The minimum absolute atomic E-state index is 0.124. The lowest BCUT2D eigenvalue weighted by atomic mass is 9.87. The molecule has 0 aliphatic heterocycles. The number of nitrogens with one attached hydrogen (secondary N) is 2. The van der Waals surface area contributed by atoms with Crippen LogP contribution in [0.3, 0.4) is 0 Å². The number of amides is 2. The Hall–Kier alpha value is -1.75. The van der Waals surface area contributed by atoms with Gasteiger partial charge in [0.05, 0.1) is 7.11 Å². The van der Waals surface area contributed by atoms with Gasteiger partial charge in [0.15, 0.2) is 0 Å². The summed E-state index contributed by atoms with van der Waals surface area (Å²) in [4.78, 5) is 11.9. The van der Waals surface area contributed by atoms with E-state index in [1.54, 1.807) is 7.11 Å². The number of aliphatic hydroxyl groups excluding tert-OH is 1. The van der Waals surface area contributed by atoms with Gasteiger partial charge in [-0.2, -0.15) is 0 Å². The molecule has 1 saturated carbocycles. The van der Waals surface area contributed by atoms with E-state index in [1.165, 1.54) is 0 Å². The topological polar surface area (TPSA) is 70.6 Å². The third kappa shape index (κ3) is 4.63. The SMILES string of the molecule is COc1ccc(CNC(=O)NC2CCC(CO)CC2)cc1C. The Morgan fingerprint density at radius 3 is 2.64 bits per heavy atom. The normalized spacial score (nSPS) is 21.2. The van der Waals surface area contributed by atoms with Crippen molar-refractivity contribution in [3.8, 4) is 5.75 Å². The molecule has 2 rings (SSSR count). The van der Waals surface area contributed by atoms with Gasteiger partial charge in [0, 0.05) is 19.2 Å². The molecule has 0 heterocycles. The van der Waals surface area contributed by atoms with Crippen molar-refractivity contribution >= 4 is 6.03 Å². The zero-order valence-corrected chi connectivity index (χ0v) is 13.4. The maximum absolute atomic E-state index is 11.9. The molecule has 1 aromatic rings. The number of methoxy groups -OCH3 is 1. The van der Waals surface area contributed by atoms with Crippen LogP contribution in [0.15, 0.2) is 18.2 Å². The molecule has 3 N–H and O–H groups in total. The van der Waals surface area contributed by atoms with Crippen molar-refractivity contribution in [2.45, 2.75) is 45.2 Å². The van der Waals surface area contributed by atoms with Gasteiger partial charge in [0.25, 0.3) is 0 Å². The Morgan fingerprint density at radius 1 is 1.32 bits per heavy atom. The number of aliphatic hydroxyl groups is 1. The van der Waals surface area contributed by atoms with Crippen LogP contribution in [0.4, 0.5) is 4.79 Å². The summed E-state index contributed by atoms with van der Waals surface area (Å²) in [6.45, 7) is 2.75. The zero-order valence-electron chi connectivity index (χ0n) is 13.4. The van der Waals surface area contributed by atoms with E-state index in [0.717, 1.165) is 42.6 Å². The van der Waals surface area contributed by atoms with Gasteiger partial charge < -0.3 is 20.5 Å². The highest BCUT2D eigenvalue weighted by Crippen LogP contribution is 2.23. The summed E-state index contributed by atoms with van der Waals surface area (Å²) in [5.41, 5.74) is 2.11. The first-order chi connectivity index (χ1) is 10.6. The van der Waals surface area contributed by atoms with Gasteiger partial charge >= 0.3 is 6.03 Å². The van der Waals surface area contributed by atoms with Crippen LogP contribution in [0, 0.1) is 12.8 Å². The summed E-state index contributed by atoms with van der Waals surface area (Å²) >= 11 is 0. The molecule has 0 radical (unpaired) electrons. The molecule has 0 spiro atoms. The molecule has 0 unspecified atom stereocenters. The average Bonchev–Trinajstić information content (AvgIpc) is 2.54. The Balaban J connectivity index is 1.75. The van der Waals surface area contributed by atoms with E-state index in [4.69, 9.17) is 9.84 Å². The van der Waals surface area contributed by atoms with Crippen molar-refractivity contribution in [1.82, 2.24) is 10.6 Å². The highest BCUT2D eigenvalue weighted by molar-refractivity contribution is 5.74. The van der Waals surface area contributed by atoms with E-state index < -0.39 is 0 Å². The third-order valence-electron chi connectivity index (χ3n) is 4.35. The smallest absolute Gasteiger partial charge is 0.315 e. The van der Waals surface area contributed by atoms with Crippen LogP contribution < -0.4 is 15.4 Å². The molecular formula is C17H26N2O3. The van der Waals surface area contributed by atoms with Gasteiger partial charge in [-0.05, 0) is 55.7 Å². The molecule has 1 fully saturated rings. The molecule has 1 aliphatic rings. The highest BCUT2D eigenvalue weighted by Gasteiger charge is 2.21. The van der Waals surface area contributed by atoms with Gasteiger partial charge in [0.2, 0.25) is 0 Å². The molecule has 1 aromatic carbocycles. The van der Waals surface area contributed by atoms with Crippen molar-refractivity contribution in [1.29, 1.82) is 0 Å². The Kier molecular flexibility index (Phi) is 6.07. The van der Waals surface area contributed by atoms with Gasteiger partial charge in [0.1, 0.15) is 5.75 Å². The van der Waals surface area contributed by atoms with Crippen LogP contribution in [0.25, 0.3) is 0 Å². The fourth-order valence-electron chi connectivity index (χ4n) is 2.96. The summed E-state index contributed by atoms with van der Waals surface area (Å²) in [6.07, 6.45) is 3.86. The fourth-order valence-corrected chi connectivity index (χ4v) is 2.96. The van der Waals surface area contributed by atoms with Crippen LogP contribution in [-0.2, 0) is 6.54 Å². The minimum atomic E-state index is -0.124. The van der Waals surface area contributed by atoms with Crippen molar-refractivity contribution in [3.63, 3.8) is 0 Å². The van der Waals surface area contributed by atoms with Gasteiger partial charge in [-0.1, -0.05) is 12.1 Å². The molecule has 5 heteroatoms. The van der Waals surface area contributed by atoms with Crippen LogP contribution in [0.2, 0.25) is 0 Å². The van der Waals surface area contributed by atoms with Crippen molar-refractivity contribution < 1.29 is 14.6 Å². The largest absolute Gasteiger partial charge is 0.496 e. The monoisotopic (exact) mass is 306 g/mol. The van der Waals surface area contributed by atoms with Gasteiger partial charge in [-0.15, -0.1) is 0 Å². The van der Waals surface area contributed by atoms with Crippen LogP contribution in [-0.4, -0.2) is 30.9 Å². The van der Waals surface area contributed by atoms with E-state index in [0.29, 0.717) is 12.5 Å². The number of carbonyl (C=O) groups excluding carboxylic acids is 1. The van der Waals surface area contributed by atoms with E-state index in [1.807, 2.05) is 25.1 Å². The fraction of sp³-hybridized carbons (Fsp3) is 0.588.